The zero-order valence-electron chi connectivity index (χ0n) is 27.5. The van der Waals surface area contributed by atoms with E-state index in [-0.39, 0.29) is 30.3 Å². The van der Waals surface area contributed by atoms with E-state index >= 15 is 0 Å². The minimum absolute atomic E-state index is 0.0403. The number of carboxylic acid groups (broad SMARTS) is 1. The number of likely N-dealkylation sites (tertiary alicyclic amines) is 1. The van der Waals surface area contributed by atoms with E-state index in [9.17, 15) is 19.5 Å². The molecule has 3 heterocycles. The molecule has 9 heteroatoms. The highest BCUT2D eigenvalue weighted by Gasteiger charge is 2.47. The van der Waals surface area contributed by atoms with Crippen molar-refractivity contribution >= 4 is 23.5 Å². The summed E-state index contributed by atoms with van der Waals surface area (Å²) >= 11 is 0. The number of carbonyl (C=O) groups excluding carboxylic acids is 2. The average Bonchev–Trinajstić information content (AvgIpc) is 3.69. The van der Waals surface area contributed by atoms with Gasteiger partial charge in [-0.1, -0.05) is 43.7 Å². The minimum Gasteiger partial charge on any atom is -0.493 e. The van der Waals surface area contributed by atoms with Crippen LogP contribution in [0.3, 0.4) is 0 Å². The molecule has 2 aromatic rings. The summed E-state index contributed by atoms with van der Waals surface area (Å²) in [7, 11) is 6.56. The number of amides is 2. The molecule has 3 aliphatic rings. The second-order valence-electron chi connectivity index (χ2n) is 14.0. The lowest BCUT2D eigenvalue weighted by Gasteiger charge is -2.31. The standard InChI is InChI=1S/C36H50N4O5/c1-5-6-17-37(18-9-10-20-40(2,3)4)34(42)25-38-24-29(26-13-14-32-28(22-26)16-21-45-32)35(36(43)44)31(38)15-19-39-30-12-8-7-11-27(30)23-33(39)41/h7-8,11-14,22,29,31,35H,5-6,9-10,15-21,23-25H2,1-4H3/p+1/t29-,31+,35-/m1/s1. The van der Waals surface area contributed by atoms with Crippen LogP contribution in [0.15, 0.2) is 42.5 Å². The quantitative estimate of drug-likeness (QED) is 0.238. The average molecular weight is 620 g/mol. The van der Waals surface area contributed by atoms with Gasteiger partial charge in [-0.3, -0.25) is 19.3 Å². The van der Waals surface area contributed by atoms with E-state index in [1.54, 1.807) is 4.90 Å². The molecule has 0 saturated carbocycles. The summed E-state index contributed by atoms with van der Waals surface area (Å²) in [6, 6.07) is 13.5. The van der Waals surface area contributed by atoms with Crippen LogP contribution >= 0.6 is 0 Å². The van der Waals surface area contributed by atoms with Crippen molar-refractivity contribution in [2.75, 3.05) is 71.9 Å². The first-order valence-corrected chi connectivity index (χ1v) is 16.7. The third-order valence-electron chi connectivity index (χ3n) is 9.73. The normalized spacial score (nSPS) is 21.1. The maximum absolute atomic E-state index is 13.9. The Bertz CT molecular complexity index is 1370. The lowest BCUT2D eigenvalue weighted by atomic mass is 9.83. The van der Waals surface area contributed by atoms with E-state index in [1.807, 2.05) is 41.3 Å². The van der Waals surface area contributed by atoms with Crippen molar-refractivity contribution < 1.29 is 28.7 Å². The summed E-state index contributed by atoms with van der Waals surface area (Å²) in [5, 5.41) is 10.7. The van der Waals surface area contributed by atoms with Crippen LogP contribution in [0.4, 0.5) is 5.69 Å². The summed E-state index contributed by atoms with van der Waals surface area (Å²) in [5.41, 5.74) is 4.01. The number of hydrogen-bond acceptors (Lipinski definition) is 5. The number of aliphatic carboxylic acids is 1. The molecule has 0 unspecified atom stereocenters. The van der Waals surface area contributed by atoms with Gasteiger partial charge in [0.05, 0.1) is 53.2 Å². The Hall–Kier alpha value is -3.43. The Balaban J connectivity index is 1.37. The second-order valence-corrected chi connectivity index (χ2v) is 14.0. The topological polar surface area (TPSA) is 90.4 Å². The van der Waals surface area contributed by atoms with E-state index in [0.717, 1.165) is 71.3 Å². The van der Waals surface area contributed by atoms with Crippen LogP contribution in [-0.2, 0) is 27.2 Å². The Morgan fingerprint density at radius 1 is 1.04 bits per heavy atom. The molecule has 5 rings (SSSR count). The molecule has 244 valence electrons. The zero-order valence-corrected chi connectivity index (χ0v) is 27.5. The molecule has 0 bridgehead atoms. The first-order valence-electron chi connectivity index (χ1n) is 16.7. The lowest BCUT2D eigenvalue weighted by molar-refractivity contribution is -0.870. The molecule has 1 saturated heterocycles. The highest BCUT2D eigenvalue weighted by atomic mass is 16.5. The number of anilines is 1. The number of quaternary nitrogens is 1. The van der Waals surface area contributed by atoms with Gasteiger partial charge in [0.25, 0.3) is 0 Å². The summed E-state index contributed by atoms with van der Waals surface area (Å²) in [4.78, 5) is 45.9. The Kier molecular flexibility index (Phi) is 10.5. The predicted octanol–water partition coefficient (Wildman–Crippen LogP) is 4.18. The predicted molar refractivity (Wildman–Crippen MR) is 176 cm³/mol. The van der Waals surface area contributed by atoms with Crippen molar-refractivity contribution in [1.82, 2.24) is 9.80 Å². The molecule has 1 fully saturated rings. The number of ether oxygens (including phenoxy) is 1. The van der Waals surface area contributed by atoms with E-state index in [2.05, 4.69) is 39.0 Å². The molecule has 0 aliphatic carbocycles. The van der Waals surface area contributed by atoms with Gasteiger partial charge in [-0.2, -0.15) is 0 Å². The van der Waals surface area contributed by atoms with Crippen molar-refractivity contribution in [2.45, 2.75) is 63.8 Å². The second kappa shape index (κ2) is 14.3. The molecule has 0 spiro atoms. The number of carboxylic acids is 1. The maximum atomic E-state index is 13.9. The van der Waals surface area contributed by atoms with Gasteiger partial charge < -0.3 is 24.1 Å². The smallest absolute Gasteiger partial charge is 0.308 e. The van der Waals surface area contributed by atoms with Gasteiger partial charge in [-0.25, -0.2) is 0 Å². The van der Waals surface area contributed by atoms with Crippen LogP contribution < -0.4 is 9.64 Å². The number of hydrogen-bond donors (Lipinski definition) is 1. The molecule has 2 aromatic carbocycles. The fourth-order valence-electron chi connectivity index (χ4n) is 7.32. The third kappa shape index (κ3) is 7.87. The molecule has 2 amide bonds. The first-order chi connectivity index (χ1) is 21.6. The molecule has 3 aliphatic heterocycles. The van der Waals surface area contributed by atoms with Gasteiger partial charge in [0.15, 0.2) is 0 Å². The fourth-order valence-corrected chi connectivity index (χ4v) is 7.32. The lowest BCUT2D eigenvalue weighted by Crippen LogP contribution is -2.46. The monoisotopic (exact) mass is 619 g/mol. The SMILES string of the molecule is CCCCN(CCCC[N+](C)(C)C)C(=O)CN1C[C@H](c2ccc3c(c2)CCO3)[C@@H](C(=O)O)[C@@H]1CCN1C(=O)Cc2ccccc21. The van der Waals surface area contributed by atoms with E-state index in [1.165, 1.54) is 0 Å². The van der Waals surface area contributed by atoms with Crippen LogP contribution in [0.2, 0.25) is 0 Å². The molecule has 0 radical (unpaired) electrons. The van der Waals surface area contributed by atoms with Gasteiger partial charge in [-0.05, 0) is 54.5 Å². The summed E-state index contributed by atoms with van der Waals surface area (Å²) < 4.78 is 6.62. The van der Waals surface area contributed by atoms with Crippen LogP contribution in [-0.4, -0.2) is 110 Å². The molecule has 45 heavy (non-hydrogen) atoms. The largest absolute Gasteiger partial charge is 0.493 e. The van der Waals surface area contributed by atoms with E-state index in [0.29, 0.717) is 45.6 Å². The van der Waals surface area contributed by atoms with Gasteiger partial charge >= 0.3 is 5.97 Å². The Morgan fingerprint density at radius 3 is 2.58 bits per heavy atom. The fraction of sp³-hybridized carbons (Fsp3) is 0.583. The summed E-state index contributed by atoms with van der Waals surface area (Å²) in [6.07, 6.45) is 5.60. The van der Waals surface area contributed by atoms with Crippen LogP contribution in [0.25, 0.3) is 0 Å². The number of para-hydroxylation sites is 1. The third-order valence-corrected chi connectivity index (χ3v) is 9.73. The van der Waals surface area contributed by atoms with Gasteiger partial charge in [0.1, 0.15) is 5.75 Å². The van der Waals surface area contributed by atoms with Crippen LogP contribution in [0.5, 0.6) is 5.75 Å². The molecule has 3 atom stereocenters. The minimum atomic E-state index is -0.854. The van der Waals surface area contributed by atoms with Gasteiger partial charge in [-0.15, -0.1) is 0 Å². The summed E-state index contributed by atoms with van der Waals surface area (Å²) in [5.74, 6) is -0.837. The number of fused-ring (bicyclic) bond motifs is 2. The Morgan fingerprint density at radius 2 is 1.82 bits per heavy atom. The number of nitrogens with zero attached hydrogens (tertiary/aromatic N) is 4. The number of rotatable bonds is 15. The van der Waals surface area contributed by atoms with Crippen LogP contribution in [0.1, 0.15) is 61.6 Å². The van der Waals surface area contributed by atoms with E-state index in [4.69, 9.17) is 4.74 Å². The number of benzene rings is 2. The molecule has 1 N–H and O–H groups in total. The molecular weight excluding hydrogens is 568 g/mol. The van der Waals surface area contributed by atoms with Crippen molar-refractivity contribution in [1.29, 1.82) is 0 Å². The van der Waals surface area contributed by atoms with Crippen molar-refractivity contribution in [3.05, 3.63) is 59.2 Å². The highest BCUT2D eigenvalue weighted by Crippen LogP contribution is 2.41. The van der Waals surface area contributed by atoms with Gasteiger partial charge in [0.2, 0.25) is 11.8 Å². The number of unbranched alkanes of at least 4 members (excludes halogenated alkanes) is 2. The summed E-state index contributed by atoms with van der Waals surface area (Å²) in [6.45, 7) is 6.35. The van der Waals surface area contributed by atoms with Crippen LogP contribution in [0, 0.1) is 5.92 Å². The van der Waals surface area contributed by atoms with Crippen molar-refractivity contribution in [2.24, 2.45) is 5.92 Å². The molecular formula is C36H51N4O5+. The maximum Gasteiger partial charge on any atom is 0.308 e. The number of carbonyl (C=O) groups is 3. The molecule has 0 aromatic heterocycles. The first kappa shape index (κ1) is 32.9. The van der Waals surface area contributed by atoms with Gasteiger partial charge in [0, 0.05) is 50.2 Å². The Labute approximate surface area is 268 Å². The zero-order chi connectivity index (χ0) is 32.1. The van der Waals surface area contributed by atoms with Crippen molar-refractivity contribution in [3.63, 3.8) is 0 Å². The van der Waals surface area contributed by atoms with Crippen molar-refractivity contribution in [3.8, 4) is 5.75 Å². The van der Waals surface area contributed by atoms with E-state index < -0.39 is 11.9 Å². The highest BCUT2D eigenvalue weighted by molar-refractivity contribution is 6.01. The molecule has 9 nitrogen and oxygen atoms in total.